The highest BCUT2D eigenvalue weighted by Crippen LogP contribution is 2.45. The first kappa shape index (κ1) is 10.4. The Morgan fingerprint density at radius 1 is 1.47 bits per heavy atom. The molecule has 0 atom stereocenters. The van der Waals surface area contributed by atoms with Gasteiger partial charge in [-0.2, -0.15) is 0 Å². The molecule has 1 aromatic carbocycles. The van der Waals surface area contributed by atoms with Crippen molar-refractivity contribution in [3.05, 3.63) is 29.6 Å². The maximum absolute atomic E-state index is 14.0. The molecule has 1 aliphatic carbocycles. The third-order valence-corrected chi connectivity index (χ3v) is 2.83. The molecule has 2 nitrogen and oxygen atoms in total. The van der Waals surface area contributed by atoms with Gasteiger partial charge in [-0.3, -0.25) is 0 Å². The lowest BCUT2D eigenvalue weighted by atomic mass is 9.73. The Kier molecular flexibility index (Phi) is 2.38. The summed E-state index contributed by atoms with van der Waals surface area (Å²) >= 11 is 0. The van der Waals surface area contributed by atoms with Gasteiger partial charge in [0, 0.05) is 30.5 Å². The van der Waals surface area contributed by atoms with E-state index >= 15 is 0 Å². The minimum atomic E-state index is -1.59. The minimum Gasteiger partial charge on any atom is -0.497 e. The zero-order valence-electron chi connectivity index (χ0n) is 8.47. The summed E-state index contributed by atoms with van der Waals surface area (Å²) in [5, 5.41) is 0. The second-order valence-electron chi connectivity index (χ2n) is 3.98. The van der Waals surface area contributed by atoms with Crippen molar-refractivity contribution < 1.29 is 13.5 Å². The van der Waals surface area contributed by atoms with E-state index in [1.54, 1.807) is 6.07 Å². The van der Waals surface area contributed by atoms with Gasteiger partial charge in [-0.15, -0.1) is 0 Å². The van der Waals surface area contributed by atoms with Gasteiger partial charge in [-0.1, -0.05) is 0 Å². The number of alkyl halides is 1. The summed E-state index contributed by atoms with van der Waals surface area (Å²) in [4.78, 5) is 0. The Labute approximate surface area is 87.0 Å². The van der Waals surface area contributed by atoms with Crippen LogP contribution in [0, 0.1) is 5.82 Å². The molecule has 4 heteroatoms. The van der Waals surface area contributed by atoms with Crippen molar-refractivity contribution in [1.29, 1.82) is 0 Å². The summed E-state index contributed by atoms with van der Waals surface area (Å²) in [5.41, 5.74) is 4.01. The van der Waals surface area contributed by atoms with Crippen molar-refractivity contribution in [1.82, 2.24) is 0 Å². The number of rotatable bonds is 2. The summed E-state index contributed by atoms with van der Waals surface area (Å²) in [7, 11) is 1.44. The quantitative estimate of drug-likeness (QED) is 0.816. The number of benzene rings is 1. The normalized spacial score (nSPS) is 29.7. The Balaban J connectivity index is 2.29. The molecule has 1 fully saturated rings. The summed E-state index contributed by atoms with van der Waals surface area (Å²) < 4.78 is 32.4. The summed E-state index contributed by atoms with van der Waals surface area (Å²) in [6.45, 7) is 0. The van der Waals surface area contributed by atoms with Gasteiger partial charge in [0.2, 0.25) is 0 Å². The summed E-state index contributed by atoms with van der Waals surface area (Å²) in [6.07, 6.45) is 0.381. The van der Waals surface area contributed by atoms with E-state index < -0.39 is 11.5 Å². The molecule has 2 rings (SSSR count). The second-order valence-corrected chi connectivity index (χ2v) is 3.98. The van der Waals surface area contributed by atoms with Crippen molar-refractivity contribution in [2.24, 2.45) is 5.73 Å². The highest BCUT2D eigenvalue weighted by Gasteiger charge is 2.46. The molecule has 2 N–H and O–H groups in total. The SMILES string of the molecule is COc1ccc(C2(F)CC(N)C2)c(F)c1. The molecule has 1 aromatic rings. The van der Waals surface area contributed by atoms with Crippen molar-refractivity contribution in [2.45, 2.75) is 24.6 Å². The predicted octanol–water partition coefficient (Wildman–Crippen LogP) is 2.12. The third kappa shape index (κ3) is 1.69. The lowest BCUT2D eigenvalue weighted by Crippen LogP contribution is -2.46. The molecule has 0 amide bonds. The first-order chi connectivity index (χ1) is 7.05. The average molecular weight is 213 g/mol. The first-order valence-electron chi connectivity index (χ1n) is 4.84. The second kappa shape index (κ2) is 3.45. The van der Waals surface area contributed by atoms with Gasteiger partial charge in [0.05, 0.1) is 7.11 Å². The fourth-order valence-corrected chi connectivity index (χ4v) is 1.98. The lowest BCUT2D eigenvalue weighted by Gasteiger charge is -2.39. The average Bonchev–Trinajstić information content (AvgIpc) is 2.15. The van der Waals surface area contributed by atoms with E-state index in [9.17, 15) is 8.78 Å². The molecule has 0 bridgehead atoms. The van der Waals surface area contributed by atoms with Gasteiger partial charge in [-0.05, 0) is 12.1 Å². The van der Waals surface area contributed by atoms with Crippen LogP contribution in [0.5, 0.6) is 5.75 Å². The van der Waals surface area contributed by atoms with E-state index in [0.29, 0.717) is 5.75 Å². The topological polar surface area (TPSA) is 35.2 Å². The third-order valence-electron chi connectivity index (χ3n) is 2.83. The molecule has 0 saturated heterocycles. The molecular weight excluding hydrogens is 200 g/mol. The zero-order chi connectivity index (χ0) is 11.1. The van der Waals surface area contributed by atoms with E-state index in [-0.39, 0.29) is 24.4 Å². The highest BCUT2D eigenvalue weighted by atomic mass is 19.1. The van der Waals surface area contributed by atoms with Crippen LogP contribution in [0.25, 0.3) is 0 Å². The lowest BCUT2D eigenvalue weighted by molar-refractivity contribution is 0.0368. The summed E-state index contributed by atoms with van der Waals surface area (Å²) in [5.74, 6) is -0.174. The smallest absolute Gasteiger partial charge is 0.141 e. The van der Waals surface area contributed by atoms with Crippen LogP contribution in [0.3, 0.4) is 0 Å². The van der Waals surface area contributed by atoms with Crippen molar-refractivity contribution in [3.8, 4) is 5.75 Å². The Morgan fingerprint density at radius 3 is 2.60 bits per heavy atom. The van der Waals surface area contributed by atoms with E-state index in [1.165, 1.54) is 19.2 Å². The van der Waals surface area contributed by atoms with E-state index in [2.05, 4.69) is 0 Å². The van der Waals surface area contributed by atoms with Crippen LogP contribution in [0.1, 0.15) is 18.4 Å². The Morgan fingerprint density at radius 2 is 2.13 bits per heavy atom. The van der Waals surface area contributed by atoms with E-state index in [4.69, 9.17) is 10.5 Å². The van der Waals surface area contributed by atoms with Crippen molar-refractivity contribution in [3.63, 3.8) is 0 Å². The molecule has 15 heavy (non-hydrogen) atoms. The first-order valence-corrected chi connectivity index (χ1v) is 4.84. The van der Waals surface area contributed by atoms with Gasteiger partial charge in [0.1, 0.15) is 17.2 Å². The number of halogens is 2. The number of nitrogens with two attached hydrogens (primary N) is 1. The largest absolute Gasteiger partial charge is 0.497 e. The predicted molar refractivity (Wildman–Crippen MR) is 52.9 cm³/mol. The fraction of sp³-hybridized carbons (Fsp3) is 0.455. The van der Waals surface area contributed by atoms with Crippen LogP contribution in [-0.4, -0.2) is 13.2 Å². The van der Waals surface area contributed by atoms with Gasteiger partial charge in [-0.25, -0.2) is 8.78 Å². The number of hydrogen-bond donors (Lipinski definition) is 1. The fourth-order valence-electron chi connectivity index (χ4n) is 1.98. The van der Waals surface area contributed by atoms with Gasteiger partial charge in [0.15, 0.2) is 0 Å². The summed E-state index contributed by atoms with van der Waals surface area (Å²) in [6, 6.07) is 4.03. The molecule has 0 spiro atoms. The Bertz CT molecular complexity index is 375. The molecule has 0 radical (unpaired) electrons. The van der Waals surface area contributed by atoms with Gasteiger partial charge >= 0.3 is 0 Å². The molecule has 0 aromatic heterocycles. The highest BCUT2D eigenvalue weighted by molar-refractivity contribution is 5.34. The van der Waals surface area contributed by atoms with Gasteiger partial charge < -0.3 is 10.5 Å². The van der Waals surface area contributed by atoms with Crippen LogP contribution >= 0.6 is 0 Å². The van der Waals surface area contributed by atoms with Crippen LogP contribution in [0.4, 0.5) is 8.78 Å². The zero-order valence-corrected chi connectivity index (χ0v) is 8.47. The van der Waals surface area contributed by atoms with E-state index in [1.807, 2.05) is 0 Å². The van der Waals surface area contributed by atoms with Crippen LogP contribution < -0.4 is 10.5 Å². The van der Waals surface area contributed by atoms with E-state index in [0.717, 1.165) is 0 Å². The number of hydrogen-bond acceptors (Lipinski definition) is 2. The minimum absolute atomic E-state index is 0.0880. The number of ether oxygens (including phenoxy) is 1. The monoisotopic (exact) mass is 213 g/mol. The molecule has 1 aliphatic rings. The molecule has 0 heterocycles. The van der Waals surface area contributed by atoms with Crippen LogP contribution in [0.15, 0.2) is 18.2 Å². The molecule has 1 saturated carbocycles. The molecule has 0 unspecified atom stereocenters. The number of methoxy groups -OCH3 is 1. The van der Waals surface area contributed by atoms with Crippen molar-refractivity contribution >= 4 is 0 Å². The van der Waals surface area contributed by atoms with Crippen LogP contribution in [-0.2, 0) is 5.67 Å². The van der Waals surface area contributed by atoms with Crippen LogP contribution in [0.2, 0.25) is 0 Å². The molecular formula is C11H13F2NO. The maximum Gasteiger partial charge on any atom is 0.141 e. The maximum atomic E-state index is 14.0. The van der Waals surface area contributed by atoms with Gasteiger partial charge in [0.25, 0.3) is 0 Å². The molecule has 82 valence electrons. The van der Waals surface area contributed by atoms with Crippen molar-refractivity contribution in [2.75, 3.05) is 7.11 Å². The molecule has 0 aliphatic heterocycles. The standard InChI is InChI=1S/C11H13F2NO/c1-15-8-2-3-9(10(12)4-8)11(13)5-7(14)6-11/h2-4,7H,5-6,14H2,1H3. The Hall–Kier alpha value is -1.16.